The number of rotatable bonds is 25. The van der Waals surface area contributed by atoms with Crippen molar-refractivity contribution in [3.63, 3.8) is 0 Å². The lowest BCUT2D eigenvalue weighted by molar-refractivity contribution is -0.940. The van der Waals surface area contributed by atoms with Crippen molar-refractivity contribution < 1.29 is 60.4 Å². The van der Waals surface area contributed by atoms with Crippen LogP contribution in [-0.4, -0.2) is 128 Å². The van der Waals surface area contributed by atoms with Crippen molar-refractivity contribution in [2.75, 3.05) is 45.7 Å². The van der Waals surface area contributed by atoms with Gasteiger partial charge in [0, 0.05) is 24.7 Å². The molecule has 2 saturated heterocycles. The van der Waals surface area contributed by atoms with Crippen LogP contribution in [0, 0.1) is 38.0 Å². The number of ketones is 1. The van der Waals surface area contributed by atoms with Gasteiger partial charge in [-0.1, -0.05) is 88.4 Å². The van der Waals surface area contributed by atoms with Gasteiger partial charge in [-0.2, -0.15) is 0 Å². The van der Waals surface area contributed by atoms with Crippen molar-refractivity contribution in [3.8, 4) is 18.1 Å². The van der Waals surface area contributed by atoms with E-state index >= 15 is 0 Å². The van der Waals surface area contributed by atoms with E-state index in [0.29, 0.717) is 62.2 Å². The zero-order valence-corrected chi connectivity index (χ0v) is 44.4. The van der Waals surface area contributed by atoms with Gasteiger partial charge in [-0.05, 0) is 92.7 Å². The molecule has 3 aromatic rings. The number of Topliss-reactive ketones (excluding diaryl/α,β-unsaturated/α-hetero) is 1. The number of morpholine rings is 1. The number of nitrogens with one attached hydrogen (secondary N) is 4. The third kappa shape index (κ3) is 20.8. The Labute approximate surface area is 431 Å². The number of hydrogen-bond donors (Lipinski definition) is 4. The molecule has 3 aromatic carbocycles. The van der Waals surface area contributed by atoms with Gasteiger partial charge in [0.15, 0.2) is 12.3 Å². The molecule has 398 valence electrons. The molecule has 2 fully saturated rings. The first-order chi connectivity index (χ1) is 34.4. The lowest BCUT2D eigenvalue weighted by Gasteiger charge is -2.41. The number of quaternary nitrogens is 1. The molecule has 2 heterocycles. The number of ether oxygens (including phenoxy) is 3. The lowest BCUT2D eigenvalue weighted by atomic mass is 9.93. The summed E-state index contributed by atoms with van der Waals surface area (Å²) < 4.78 is 44.5. The van der Waals surface area contributed by atoms with E-state index in [0.717, 1.165) is 27.8 Å². The summed E-state index contributed by atoms with van der Waals surface area (Å²) in [5.41, 5.74) is 3.37. The smallest absolute Gasteiger partial charge is 0.312 e. The Balaban J connectivity index is 0.00000220. The highest BCUT2D eigenvalue weighted by Crippen LogP contribution is 2.30. The molecule has 4 N–H and O–H groups in total. The van der Waals surface area contributed by atoms with E-state index in [9.17, 15) is 28.8 Å². The van der Waals surface area contributed by atoms with Crippen molar-refractivity contribution in [1.29, 1.82) is 0 Å². The Hall–Kier alpha value is -5.97. The molecule has 18 heteroatoms. The summed E-state index contributed by atoms with van der Waals surface area (Å²) in [6.07, 6.45) is 7.88. The number of nitrogens with zero attached hydrogens (tertiary/aromatic N) is 1. The van der Waals surface area contributed by atoms with Crippen LogP contribution in [0.5, 0.6) is 5.75 Å². The van der Waals surface area contributed by atoms with E-state index < -0.39 is 63.6 Å². The van der Waals surface area contributed by atoms with Crippen molar-refractivity contribution >= 4 is 45.5 Å². The summed E-state index contributed by atoms with van der Waals surface area (Å²) >= 11 is 0. The fourth-order valence-electron chi connectivity index (χ4n) is 8.79. The third-order valence-corrected chi connectivity index (χ3v) is 12.5. The molecule has 5 atom stereocenters. The molecule has 17 nitrogen and oxygen atoms in total. The molecule has 4 unspecified atom stereocenters. The molecular formula is C55H75N5O12S. The molecular weight excluding hydrogens is 955 g/mol. The van der Waals surface area contributed by atoms with Crippen molar-refractivity contribution in [3.05, 3.63) is 101 Å². The predicted octanol–water partition coefficient (Wildman–Crippen LogP) is 4.40. The number of amides is 4. The monoisotopic (exact) mass is 1030 g/mol. The highest BCUT2D eigenvalue weighted by atomic mass is 32.2. The normalized spacial score (nSPS) is 17.6. The van der Waals surface area contributed by atoms with Gasteiger partial charge in [-0.3, -0.25) is 28.8 Å². The topological polar surface area (TPSA) is 239 Å². The van der Waals surface area contributed by atoms with E-state index in [4.69, 9.17) is 33.6 Å². The first-order valence-corrected chi connectivity index (χ1v) is 26.8. The maximum Gasteiger partial charge on any atom is 0.312 e. The number of epoxide rings is 1. The van der Waals surface area contributed by atoms with Crippen LogP contribution in [0.1, 0.15) is 94.5 Å². The summed E-state index contributed by atoms with van der Waals surface area (Å²) in [7, 11) is -3.92. The Morgan fingerprint density at radius 1 is 0.767 bits per heavy atom. The van der Waals surface area contributed by atoms with E-state index in [-0.39, 0.29) is 68.8 Å². The van der Waals surface area contributed by atoms with Gasteiger partial charge in [0.25, 0.3) is 5.91 Å². The van der Waals surface area contributed by atoms with Crippen LogP contribution in [0.2, 0.25) is 0 Å². The number of terminal acetylenes is 1. The zero-order valence-electron chi connectivity index (χ0n) is 43.6. The number of esters is 1. The Bertz CT molecular complexity index is 2470. The SMILES string of the molecule is C#CCCC(=O)Oc1c(C)cc(C[N+]2(CC(=O)NC(CCc3ccccc3)C(=O)NC(CC(C)C)C(=O)NC(Cc3ccccc3)C(=O)NC(CC(C)C)C(=O)[C@@]3(C)CO3)CCOCC2)cc1C.CS(=O)(=O)[O-]. The molecule has 0 radical (unpaired) electrons. The van der Waals surface area contributed by atoms with Crippen molar-refractivity contribution in [1.82, 2.24) is 21.3 Å². The number of carbonyl (C=O) groups is 6. The van der Waals surface area contributed by atoms with Gasteiger partial charge < -0.3 is 44.5 Å². The quantitative estimate of drug-likeness (QED) is 0.0231. The molecule has 0 aromatic heterocycles. The fraction of sp³-hybridized carbons (Fsp3) is 0.527. The molecule has 2 aliphatic rings. The maximum absolute atomic E-state index is 14.5. The minimum atomic E-state index is -3.92. The number of benzene rings is 3. The number of hydrogen-bond acceptors (Lipinski definition) is 12. The average Bonchev–Trinajstić information content (AvgIpc) is 4.07. The molecule has 0 saturated carbocycles. The van der Waals surface area contributed by atoms with E-state index in [1.165, 1.54) is 0 Å². The number of aryl methyl sites for hydroxylation is 3. The van der Waals surface area contributed by atoms with Crippen LogP contribution in [0.25, 0.3) is 0 Å². The fourth-order valence-corrected chi connectivity index (χ4v) is 8.79. The lowest BCUT2D eigenvalue weighted by Crippen LogP contribution is -2.61. The van der Waals surface area contributed by atoms with E-state index in [2.05, 4.69) is 27.2 Å². The van der Waals surface area contributed by atoms with Crippen LogP contribution < -0.4 is 26.0 Å². The van der Waals surface area contributed by atoms with Gasteiger partial charge in [0.2, 0.25) is 17.7 Å². The summed E-state index contributed by atoms with van der Waals surface area (Å²) in [6.45, 7) is 16.2. The molecule has 73 heavy (non-hydrogen) atoms. The van der Waals surface area contributed by atoms with Crippen molar-refractivity contribution in [2.45, 2.75) is 130 Å². The number of carbonyl (C=O) groups excluding carboxylic acids is 6. The summed E-state index contributed by atoms with van der Waals surface area (Å²) in [4.78, 5) is 83.4. The van der Waals surface area contributed by atoms with Gasteiger partial charge in [-0.25, -0.2) is 8.42 Å². The van der Waals surface area contributed by atoms with Crippen LogP contribution in [-0.2, 0) is 67.7 Å². The molecule has 4 amide bonds. The van der Waals surface area contributed by atoms with E-state index in [1.807, 2.05) is 114 Å². The summed E-state index contributed by atoms with van der Waals surface area (Å²) in [5.74, 6) is 0.476. The van der Waals surface area contributed by atoms with Crippen LogP contribution in [0.15, 0.2) is 72.8 Å². The standard InChI is InChI=1S/C54H71N5O9.CH4O3S/c1-9-10-21-48(61)68-49-38(6)30-42(31-39(49)7)33-59(24-26-66-27-25-59)34-47(60)55-43(23-22-40-17-13-11-14-18-40)51(63)57-45(29-37(4)5)52(64)58-46(32-41-19-15-12-16-20-41)53(65)56-44(28-36(2)3)50(62)54(8)35-67-54;1-5(2,3)4/h1,11-20,30-31,36-37,43-46H,10,21-29,32-35H2,2-8H3,(H3-,55,56,57,58,60,63,64,65);1H3,(H,2,3,4)/t43?,44?,45?,46?,54-;/m1./s1. The Kier molecular flexibility index (Phi) is 22.8. The molecule has 2 aliphatic heterocycles. The minimum Gasteiger partial charge on any atom is -0.748 e. The molecule has 0 aliphatic carbocycles. The molecule has 0 bridgehead atoms. The highest BCUT2D eigenvalue weighted by Gasteiger charge is 2.50. The van der Waals surface area contributed by atoms with Gasteiger partial charge in [0.05, 0.1) is 42.4 Å². The Morgan fingerprint density at radius 3 is 1.79 bits per heavy atom. The minimum absolute atomic E-state index is 0.0373. The molecule has 5 rings (SSSR count). The first kappa shape index (κ1) is 59.6. The van der Waals surface area contributed by atoms with Gasteiger partial charge >= 0.3 is 5.97 Å². The first-order valence-electron chi connectivity index (χ1n) is 24.9. The van der Waals surface area contributed by atoms with Crippen molar-refractivity contribution in [2.24, 2.45) is 11.8 Å². The van der Waals surface area contributed by atoms with Gasteiger partial charge in [0.1, 0.15) is 49.1 Å². The second-order valence-corrected chi connectivity index (χ2v) is 21.7. The van der Waals surface area contributed by atoms with Crippen LogP contribution in [0.3, 0.4) is 0 Å². The van der Waals surface area contributed by atoms with Crippen LogP contribution in [0.4, 0.5) is 0 Å². The largest absolute Gasteiger partial charge is 0.748 e. The Morgan fingerprint density at radius 2 is 1.26 bits per heavy atom. The van der Waals surface area contributed by atoms with Crippen LogP contribution >= 0.6 is 0 Å². The summed E-state index contributed by atoms with van der Waals surface area (Å²) in [6, 6.07) is 18.9. The van der Waals surface area contributed by atoms with E-state index in [1.54, 1.807) is 6.92 Å². The highest BCUT2D eigenvalue weighted by molar-refractivity contribution is 7.84. The maximum atomic E-state index is 14.5. The van der Waals surface area contributed by atoms with Gasteiger partial charge in [-0.15, -0.1) is 12.3 Å². The second-order valence-electron chi connectivity index (χ2n) is 20.3. The average molecular weight is 1030 g/mol. The molecule has 0 spiro atoms. The summed E-state index contributed by atoms with van der Waals surface area (Å²) in [5, 5.41) is 11.9. The zero-order chi connectivity index (χ0) is 53.9. The predicted molar refractivity (Wildman–Crippen MR) is 276 cm³/mol. The third-order valence-electron chi connectivity index (χ3n) is 12.5. The second kappa shape index (κ2) is 27.9.